The number of aromatic nitrogens is 1. The lowest BCUT2D eigenvalue weighted by Gasteiger charge is -2.34. The van der Waals surface area contributed by atoms with Gasteiger partial charge in [-0.05, 0) is 40.5 Å². The molecule has 1 aromatic heterocycles. The zero-order valence-corrected chi connectivity index (χ0v) is 20.6. The van der Waals surface area contributed by atoms with Crippen molar-refractivity contribution in [2.75, 3.05) is 13.6 Å². The molecule has 1 aromatic rings. The van der Waals surface area contributed by atoms with Gasteiger partial charge in [-0.1, -0.05) is 13.8 Å². The highest BCUT2D eigenvalue weighted by Crippen LogP contribution is 2.16. The molecule has 0 saturated heterocycles. The zero-order chi connectivity index (χ0) is 19.8. The Hall–Kier alpha value is -1.10. The monoisotopic (exact) mass is 511 g/mol. The van der Waals surface area contributed by atoms with E-state index in [0.717, 1.165) is 22.7 Å². The first-order valence-electron chi connectivity index (χ1n) is 9.00. The summed E-state index contributed by atoms with van der Waals surface area (Å²) in [5.41, 5.74) is -0.920. The molecule has 0 aliphatic carbocycles. The highest BCUT2D eigenvalue weighted by molar-refractivity contribution is 14.0. The number of ether oxygens (including phenoxy) is 1. The second-order valence-corrected chi connectivity index (χ2v) is 8.56. The Balaban J connectivity index is 0.00000676. The highest BCUT2D eigenvalue weighted by Gasteiger charge is 2.30. The molecule has 0 radical (unpaired) electrons. The first-order chi connectivity index (χ1) is 12.1. The molecule has 1 rings (SSSR count). The molecule has 0 aliphatic heterocycles. The van der Waals surface area contributed by atoms with Crippen LogP contribution in [0.2, 0.25) is 0 Å². The lowest BCUT2D eigenvalue weighted by atomic mass is 9.93. The lowest BCUT2D eigenvalue weighted by molar-refractivity contribution is 0.0448. The summed E-state index contributed by atoms with van der Waals surface area (Å²) >= 11 is 1.66. The van der Waals surface area contributed by atoms with Crippen LogP contribution in [0.5, 0.6) is 0 Å². The molecule has 0 fully saturated rings. The molecule has 156 valence electrons. The van der Waals surface area contributed by atoms with Gasteiger partial charge < -0.3 is 20.7 Å². The van der Waals surface area contributed by atoms with Crippen molar-refractivity contribution >= 4 is 47.4 Å². The average molecular weight is 511 g/mol. The largest absolute Gasteiger partial charge is 0.444 e. The Morgan fingerprint density at radius 1 is 1.26 bits per heavy atom. The quantitative estimate of drug-likeness (QED) is 0.295. The van der Waals surface area contributed by atoms with E-state index in [1.807, 2.05) is 33.9 Å². The van der Waals surface area contributed by atoms with Crippen molar-refractivity contribution in [2.45, 2.75) is 72.1 Å². The van der Waals surface area contributed by atoms with Crippen LogP contribution >= 0.6 is 35.3 Å². The third-order valence-corrected chi connectivity index (χ3v) is 4.95. The van der Waals surface area contributed by atoms with E-state index in [1.165, 1.54) is 0 Å². The summed E-state index contributed by atoms with van der Waals surface area (Å²) in [6.45, 7) is 12.9. The van der Waals surface area contributed by atoms with Crippen LogP contribution in [0.15, 0.2) is 11.2 Å². The first-order valence-corrected chi connectivity index (χ1v) is 9.81. The van der Waals surface area contributed by atoms with Crippen molar-refractivity contribution < 1.29 is 9.53 Å². The van der Waals surface area contributed by atoms with Gasteiger partial charge in [-0.15, -0.1) is 35.3 Å². The Labute approximate surface area is 184 Å². The van der Waals surface area contributed by atoms with Crippen LogP contribution in [-0.4, -0.2) is 41.8 Å². The molecule has 0 unspecified atom stereocenters. The number of hydrogen-bond donors (Lipinski definition) is 3. The minimum atomic E-state index is -0.519. The number of rotatable bonds is 7. The average Bonchev–Trinajstić information content (AvgIpc) is 2.97. The maximum Gasteiger partial charge on any atom is 0.408 e. The maximum absolute atomic E-state index is 12.2. The fourth-order valence-electron chi connectivity index (χ4n) is 2.37. The molecular formula is C18H34IN5O2S. The molecule has 0 spiro atoms. The third-order valence-electron chi connectivity index (χ3n) is 4.04. The van der Waals surface area contributed by atoms with E-state index in [0.29, 0.717) is 19.0 Å². The van der Waals surface area contributed by atoms with Crippen LogP contribution in [0.4, 0.5) is 4.79 Å². The molecule has 0 saturated carbocycles. The van der Waals surface area contributed by atoms with Gasteiger partial charge in [0.1, 0.15) is 5.60 Å². The first kappa shape index (κ1) is 25.9. The SMILES string of the molecule is CCC(CC)(CNC(=NC)NCc1cnc(C)s1)NC(=O)OC(C)(C)C.I. The van der Waals surface area contributed by atoms with Crippen molar-refractivity contribution in [2.24, 2.45) is 4.99 Å². The van der Waals surface area contributed by atoms with Gasteiger partial charge in [-0.3, -0.25) is 4.99 Å². The van der Waals surface area contributed by atoms with Crippen molar-refractivity contribution in [3.05, 3.63) is 16.1 Å². The minimum absolute atomic E-state index is 0. The Kier molecular flexibility index (Phi) is 11.2. The molecule has 1 heterocycles. The number of amides is 1. The number of halogens is 1. The van der Waals surface area contributed by atoms with Gasteiger partial charge in [0.25, 0.3) is 0 Å². The van der Waals surface area contributed by atoms with Crippen LogP contribution in [0.25, 0.3) is 0 Å². The molecule has 0 aromatic carbocycles. The zero-order valence-electron chi connectivity index (χ0n) is 17.4. The number of alkyl carbamates (subject to hydrolysis) is 1. The van der Waals surface area contributed by atoms with Gasteiger partial charge in [0, 0.05) is 24.7 Å². The van der Waals surface area contributed by atoms with E-state index in [2.05, 4.69) is 39.8 Å². The number of aryl methyl sites for hydroxylation is 1. The number of carbonyl (C=O) groups excluding carboxylic acids is 1. The standard InChI is InChI=1S/C18H33N5O2S.HI/c1-8-18(9-2,23-16(24)25-17(4,5)6)12-22-15(19-7)21-11-14-10-20-13(3)26-14;/h10H,8-9,11-12H2,1-7H3,(H,23,24)(H2,19,21,22);1H. The second-order valence-electron chi connectivity index (χ2n) is 7.24. The van der Waals surface area contributed by atoms with E-state index in [1.54, 1.807) is 18.4 Å². The van der Waals surface area contributed by atoms with Crippen LogP contribution in [0.3, 0.4) is 0 Å². The summed E-state index contributed by atoms with van der Waals surface area (Å²) in [4.78, 5) is 21.9. The van der Waals surface area contributed by atoms with E-state index < -0.39 is 17.2 Å². The van der Waals surface area contributed by atoms with E-state index in [9.17, 15) is 4.79 Å². The van der Waals surface area contributed by atoms with Crippen LogP contribution in [-0.2, 0) is 11.3 Å². The van der Waals surface area contributed by atoms with E-state index >= 15 is 0 Å². The molecule has 7 nitrogen and oxygen atoms in total. The van der Waals surface area contributed by atoms with Crippen LogP contribution in [0.1, 0.15) is 57.3 Å². The molecule has 1 amide bonds. The maximum atomic E-state index is 12.2. The highest BCUT2D eigenvalue weighted by atomic mass is 127. The lowest BCUT2D eigenvalue weighted by Crippen LogP contribution is -2.57. The van der Waals surface area contributed by atoms with E-state index in [4.69, 9.17) is 4.74 Å². The third kappa shape index (κ3) is 9.59. The number of guanidine groups is 1. The fraction of sp³-hybridized carbons (Fsp3) is 0.722. The number of nitrogens with zero attached hydrogens (tertiary/aromatic N) is 2. The number of carbonyl (C=O) groups is 1. The van der Waals surface area contributed by atoms with Crippen molar-refractivity contribution in [1.82, 2.24) is 20.9 Å². The van der Waals surface area contributed by atoms with Gasteiger partial charge in [0.05, 0.1) is 17.1 Å². The normalized spacial score (nSPS) is 12.2. The van der Waals surface area contributed by atoms with Gasteiger partial charge in [-0.2, -0.15) is 0 Å². The minimum Gasteiger partial charge on any atom is -0.444 e. The second kappa shape index (κ2) is 11.7. The summed E-state index contributed by atoms with van der Waals surface area (Å²) in [5.74, 6) is 0.688. The van der Waals surface area contributed by atoms with Crippen LogP contribution in [0, 0.1) is 6.92 Å². The molecule has 0 atom stereocenters. The topological polar surface area (TPSA) is 87.6 Å². The predicted molar refractivity (Wildman–Crippen MR) is 123 cm³/mol. The van der Waals surface area contributed by atoms with E-state index in [-0.39, 0.29) is 24.0 Å². The summed E-state index contributed by atoms with van der Waals surface area (Å²) in [6, 6.07) is 0. The number of nitrogens with one attached hydrogen (secondary N) is 3. The van der Waals surface area contributed by atoms with Gasteiger partial charge in [0.15, 0.2) is 5.96 Å². The van der Waals surface area contributed by atoms with Gasteiger partial charge in [-0.25, -0.2) is 9.78 Å². The Bertz CT molecular complexity index is 609. The number of hydrogen-bond acceptors (Lipinski definition) is 5. The molecule has 0 bridgehead atoms. The van der Waals surface area contributed by atoms with Crippen molar-refractivity contribution in [3.63, 3.8) is 0 Å². The predicted octanol–water partition coefficient (Wildman–Crippen LogP) is 3.82. The van der Waals surface area contributed by atoms with Crippen molar-refractivity contribution in [1.29, 1.82) is 0 Å². The summed E-state index contributed by atoms with van der Waals surface area (Å²) < 4.78 is 5.41. The summed E-state index contributed by atoms with van der Waals surface area (Å²) in [7, 11) is 1.73. The molecule has 3 N–H and O–H groups in total. The Morgan fingerprint density at radius 3 is 2.33 bits per heavy atom. The van der Waals surface area contributed by atoms with Gasteiger partial charge in [0.2, 0.25) is 0 Å². The Morgan fingerprint density at radius 2 is 1.89 bits per heavy atom. The smallest absolute Gasteiger partial charge is 0.408 e. The fourth-order valence-corrected chi connectivity index (χ4v) is 3.11. The molecule has 27 heavy (non-hydrogen) atoms. The summed E-state index contributed by atoms with van der Waals surface area (Å²) in [5, 5.41) is 10.7. The molecular weight excluding hydrogens is 477 g/mol. The number of aliphatic imine (C=N–C) groups is 1. The molecule has 0 aliphatic rings. The van der Waals surface area contributed by atoms with Crippen LogP contribution < -0.4 is 16.0 Å². The number of thiazole rings is 1. The molecule has 9 heteroatoms. The summed E-state index contributed by atoms with van der Waals surface area (Å²) in [6.07, 6.45) is 3.03. The van der Waals surface area contributed by atoms with Crippen molar-refractivity contribution in [3.8, 4) is 0 Å². The van der Waals surface area contributed by atoms with Gasteiger partial charge >= 0.3 is 6.09 Å².